The van der Waals surface area contributed by atoms with Gasteiger partial charge in [-0.2, -0.15) is 0 Å². The first-order chi connectivity index (χ1) is 12.6. The summed E-state index contributed by atoms with van der Waals surface area (Å²) in [4.78, 5) is 11.8. The number of hydrogen-bond acceptors (Lipinski definition) is 2. The summed E-state index contributed by atoms with van der Waals surface area (Å²) in [7, 11) is 0. The molecule has 0 aliphatic carbocycles. The molecule has 0 aromatic heterocycles. The predicted octanol–water partition coefficient (Wildman–Crippen LogP) is 6.07. The van der Waals surface area contributed by atoms with Gasteiger partial charge in [-0.25, -0.2) is 4.79 Å². The molecule has 0 unspecified atom stereocenters. The fourth-order valence-corrected chi connectivity index (χ4v) is 2.99. The Morgan fingerprint density at radius 1 is 0.769 bits per heavy atom. The third-order valence-electron chi connectivity index (χ3n) is 4.52. The van der Waals surface area contributed by atoms with Gasteiger partial charge in [0, 0.05) is 0 Å². The highest BCUT2D eigenvalue weighted by Gasteiger charge is 2.08. The van der Waals surface area contributed by atoms with Gasteiger partial charge in [0.1, 0.15) is 0 Å². The topological polar surface area (TPSA) is 26.3 Å². The van der Waals surface area contributed by atoms with Gasteiger partial charge in [0.2, 0.25) is 0 Å². The molecule has 3 aromatic carbocycles. The van der Waals surface area contributed by atoms with Crippen LogP contribution in [0.3, 0.4) is 0 Å². The van der Waals surface area contributed by atoms with E-state index in [-0.39, 0.29) is 5.97 Å². The molecule has 2 heteroatoms. The van der Waals surface area contributed by atoms with E-state index in [2.05, 4.69) is 56.3 Å². The van der Waals surface area contributed by atoms with Crippen LogP contribution >= 0.6 is 0 Å². The Bertz CT molecular complexity index is 890. The fraction of sp³-hybridized carbons (Fsp3) is 0.208. The standard InChI is InChI=1S/C24H24O2/c1-4-18-14-22(19-8-6-17(3)7-9-19)16-23(15-18)20-10-12-21(13-11-20)24(25)26-5-2/h6-16H,4-5H2,1-3H3. The van der Waals surface area contributed by atoms with Crippen molar-refractivity contribution in [2.75, 3.05) is 6.61 Å². The summed E-state index contributed by atoms with van der Waals surface area (Å²) < 4.78 is 5.06. The van der Waals surface area contributed by atoms with Gasteiger partial charge in [0.15, 0.2) is 0 Å². The minimum atomic E-state index is -0.276. The second-order valence-electron chi connectivity index (χ2n) is 6.44. The average molecular weight is 344 g/mol. The molecule has 0 saturated heterocycles. The monoisotopic (exact) mass is 344 g/mol. The van der Waals surface area contributed by atoms with Crippen molar-refractivity contribution in [3.63, 3.8) is 0 Å². The second-order valence-corrected chi connectivity index (χ2v) is 6.44. The molecule has 3 aromatic rings. The number of benzene rings is 3. The van der Waals surface area contributed by atoms with Crippen LogP contribution in [0.4, 0.5) is 0 Å². The van der Waals surface area contributed by atoms with Crippen LogP contribution in [-0.4, -0.2) is 12.6 Å². The SMILES string of the molecule is CCOC(=O)c1ccc(-c2cc(CC)cc(-c3ccc(C)cc3)c2)cc1. The molecule has 0 radical (unpaired) electrons. The Morgan fingerprint density at radius 2 is 1.31 bits per heavy atom. The Hall–Kier alpha value is -2.87. The van der Waals surface area contributed by atoms with Crippen molar-refractivity contribution in [3.05, 3.63) is 83.4 Å². The minimum absolute atomic E-state index is 0.276. The zero-order valence-corrected chi connectivity index (χ0v) is 15.6. The molecule has 0 spiro atoms. The Balaban J connectivity index is 1.98. The minimum Gasteiger partial charge on any atom is -0.462 e. The molecule has 0 fully saturated rings. The summed E-state index contributed by atoms with van der Waals surface area (Å²) in [5.41, 5.74) is 7.84. The maximum atomic E-state index is 11.8. The van der Waals surface area contributed by atoms with Crippen molar-refractivity contribution in [1.82, 2.24) is 0 Å². The van der Waals surface area contributed by atoms with Crippen LogP contribution in [0, 0.1) is 6.92 Å². The quantitative estimate of drug-likeness (QED) is 0.525. The lowest BCUT2D eigenvalue weighted by molar-refractivity contribution is 0.0526. The Morgan fingerprint density at radius 3 is 1.81 bits per heavy atom. The van der Waals surface area contributed by atoms with E-state index in [0.29, 0.717) is 12.2 Å². The van der Waals surface area contributed by atoms with Crippen molar-refractivity contribution in [1.29, 1.82) is 0 Å². The van der Waals surface area contributed by atoms with Crippen molar-refractivity contribution >= 4 is 5.97 Å². The number of ether oxygens (including phenoxy) is 1. The van der Waals surface area contributed by atoms with Crippen LogP contribution in [0.2, 0.25) is 0 Å². The van der Waals surface area contributed by atoms with Gasteiger partial charge < -0.3 is 4.74 Å². The van der Waals surface area contributed by atoms with Crippen LogP contribution in [0.25, 0.3) is 22.3 Å². The van der Waals surface area contributed by atoms with E-state index in [9.17, 15) is 4.79 Å². The summed E-state index contributed by atoms with van der Waals surface area (Å²) in [6.07, 6.45) is 0.980. The number of aryl methyl sites for hydroxylation is 2. The van der Waals surface area contributed by atoms with Crippen molar-refractivity contribution < 1.29 is 9.53 Å². The van der Waals surface area contributed by atoms with E-state index in [1.807, 2.05) is 31.2 Å². The van der Waals surface area contributed by atoms with E-state index < -0.39 is 0 Å². The summed E-state index contributed by atoms with van der Waals surface area (Å²) in [5.74, 6) is -0.276. The summed E-state index contributed by atoms with van der Waals surface area (Å²) in [6.45, 7) is 6.47. The van der Waals surface area contributed by atoms with Crippen molar-refractivity contribution in [2.24, 2.45) is 0 Å². The predicted molar refractivity (Wildman–Crippen MR) is 107 cm³/mol. The van der Waals surface area contributed by atoms with E-state index in [0.717, 1.165) is 17.5 Å². The smallest absolute Gasteiger partial charge is 0.338 e. The van der Waals surface area contributed by atoms with Crippen LogP contribution < -0.4 is 0 Å². The van der Waals surface area contributed by atoms with Gasteiger partial charge in [-0.15, -0.1) is 0 Å². The molecular weight excluding hydrogens is 320 g/mol. The van der Waals surface area contributed by atoms with Gasteiger partial charge in [-0.3, -0.25) is 0 Å². The summed E-state index contributed by atoms with van der Waals surface area (Å²) in [6, 6.07) is 22.9. The molecule has 2 nitrogen and oxygen atoms in total. The van der Waals surface area contributed by atoms with Crippen LogP contribution in [0.15, 0.2) is 66.7 Å². The molecule has 3 rings (SSSR count). The van der Waals surface area contributed by atoms with Gasteiger partial charge in [0.25, 0.3) is 0 Å². The lowest BCUT2D eigenvalue weighted by Crippen LogP contribution is -2.04. The lowest BCUT2D eigenvalue weighted by atomic mass is 9.94. The van der Waals surface area contributed by atoms with Crippen molar-refractivity contribution in [2.45, 2.75) is 27.2 Å². The molecule has 0 bridgehead atoms. The number of esters is 1. The zero-order chi connectivity index (χ0) is 18.5. The third kappa shape index (κ3) is 4.02. The normalized spacial score (nSPS) is 10.6. The molecular formula is C24H24O2. The van der Waals surface area contributed by atoms with E-state index >= 15 is 0 Å². The fourth-order valence-electron chi connectivity index (χ4n) is 2.99. The van der Waals surface area contributed by atoms with Crippen molar-refractivity contribution in [3.8, 4) is 22.3 Å². The number of hydrogen-bond donors (Lipinski definition) is 0. The van der Waals surface area contributed by atoms with Gasteiger partial charge in [0.05, 0.1) is 12.2 Å². The van der Waals surface area contributed by atoms with E-state index in [1.54, 1.807) is 0 Å². The average Bonchev–Trinajstić information content (AvgIpc) is 2.68. The van der Waals surface area contributed by atoms with Gasteiger partial charge in [-0.1, -0.05) is 61.0 Å². The molecule has 26 heavy (non-hydrogen) atoms. The maximum Gasteiger partial charge on any atom is 0.338 e. The molecule has 0 aliphatic rings. The second kappa shape index (κ2) is 8.01. The summed E-state index contributed by atoms with van der Waals surface area (Å²) >= 11 is 0. The van der Waals surface area contributed by atoms with E-state index in [4.69, 9.17) is 4.74 Å². The summed E-state index contributed by atoms with van der Waals surface area (Å²) in [5, 5.41) is 0. The lowest BCUT2D eigenvalue weighted by Gasteiger charge is -2.11. The molecule has 0 amide bonds. The van der Waals surface area contributed by atoms with Gasteiger partial charge >= 0.3 is 5.97 Å². The number of rotatable bonds is 5. The highest BCUT2D eigenvalue weighted by molar-refractivity contribution is 5.90. The zero-order valence-electron chi connectivity index (χ0n) is 15.6. The Labute approximate surface area is 155 Å². The number of carbonyl (C=O) groups excluding carboxylic acids is 1. The molecule has 0 saturated carbocycles. The molecule has 0 aliphatic heterocycles. The maximum absolute atomic E-state index is 11.8. The third-order valence-corrected chi connectivity index (χ3v) is 4.52. The van der Waals surface area contributed by atoms with Gasteiger partial charge in [-0.05, 0) is 66.3 Å². The van der Waals surface area contributed by atoms with Crippen LogP contribution in [0.1, 0.15) is 35.3 Å². The first-order valence-electron chi connectivity index (χ1n) is 9.09. The van der Waals surface area contributed by atoms with Crippen LogP contribution in [0.5, 0.6) is 0 Å². The highest BCUT2D eigenvalue weighted by atomic mass is 16.5. The van der Waals surface area contributed by atoms with Crippen LogP contribution in [-0.2, 0) is 11.2 Å². The molecule has 0 N–H and O–H groups in total. The first-order valence-corrected chi connectivity index (χ1v) is 9.09. The Kier molecular flexibility index (Phi) is 5.52. The molecule has 132 valence electrons. The van der Waals surface area contributed by atoms with E-state index in [1.165, 1.54) is 22.3 Å². The molecule has 0 atom stereocenters. The highest BCUT2D eigenvalue weighted by Crippen LogP contribution is 2.29. The largest absolute Gasteiger partial charge is 0.462 e. The first kappa shape index (κ1) is 17.9. The molecule has 0 heterocycles. The number of carbonyl (C=O) groups is 1.